The molecule has 1 saturated heterocycles. The highest BCUT2D eigenvalue weighted by Crippen LogP contribution is 2.22. The standard InChI is InChI=1S/C27H28N2O4/c30-27-23-8-4-5-9-25(23)33-26-11-10-22(20-24(26)27)32-19-17-29-14-12-28(13-15-29)16-18-31-21-6-2-1-3-7-21/h1-11,20H,12-19H2. The van der Waals surface area contributed by atoms with Gasteiger partial charge in [0.1, 0.15) is 35.9 Å². The van der Waals surface area contributed by atoms with E-state index in [9.17, 15) is 4.79 Å². The molecule has 3 aromatic carbocycles. The van der Waals surface area contributed by atoms with Crippen LogP contribution in [0.1, 0.15) is 0 Å². The molecule has 0 atom stereocenters. The first kappa shape index (κ1) is 21.5. The minimum absolute atomic E-state index is 0.0235. The van der Waals surface area contributed by atoms with Crippen molar-refractivity contribution in [2.24, 2.45) is 0 Å². The smallest absolute Gasteiger partial charge is 0.200 e. The summed E-state index contributed by atoms with van der Waals surface area (Å²) in [7, 11) is 0. The van der Waals surface area contributed by atoms with Crippen molar-refractivity contribution in [3.8, 4) is 11.5 Å². The fourth-order valence-electron chi connectivity index (χ4n) is 4.21. The van der Waals surface area contributed by atoms with E-state index in [2.05, 4.69) is 9.80 Å². The molecular weight excluding hydrogens is 416 g/mol. The van der Waals surface area contributed by atoms with Crippen LogP contribution in [-0.2, 0) is 0 Å². The highest BCUT2D eigenvalue weighted by atomic mass is 16.5. The van der Waals surface area contributed by atoms with Crippen LogP contribution in [-0.4, -0.2) is 62.3 Å². The van der Waals surface area contributed by atoms with Crippen LogP contribution in [0.5, 0.6) is 11.5 Å². The molecule has 0 saturated carbocycles. The van der Waals surface area contributed by atoms with Crippen molar-refractivity contribution in [3.05, 3.63) is 83.0 Å². The molecule has 170 valence electrons. The Morgan fingerprint density at radius 3 is 2.00 bits per heavy atom. The molecule has 1 fully saturated rings. The van der Waals surface area contributed by atoms with E-state index in [0.29, 0.717) is 40.9 Å². The number of para-hydroxylation sites is 2. The Hall–Kier alpha value is -3.35. The highest BCUT2D eigenvalue weighted by molar-refractivity contribution is 5.90. The summed E-state index contributed by atoms with van der Waals surface area (Å²) in [5.41, 5.74) is 1.16. The predicted molar refractivity (Wildman–Crippen MR) is 130 cm³/mol. The van der Waals surface area contributed by atoms with Crippen LogP contribution in [0.15, 0.2) is 82.0 Å². The number of fused-ring (bicyclic) bond motifs is 2. The van der Waals surface area contributed by atoms with E-state index in [4.69, 9.17) is 13.9 Å². The predicted octanol–water partition coefficient (Wildman–Crippen LogP) is 4.02. The van der Waals surface area contributed by atoms with Gasteiger partial charge in [-0.1, -0.05) is 30.3 Å². The summed E-state index contributed by atoms with van der Waals surface area (Å²) in [6, 6.07) is 22.7. The zero-order valence-electron chi connectivity index (χ0n) is 18.6. The quantitative estimate of drug-likeness (QED) is 0.383. The van der Waals surface area contributed by atoms with E-state index in [1.807, 2.05) is 60.7 Å². The van der Waals surface area contributed by atoms with E-state index in [1.165, 1.54) is 0 Å². The number of piperazine rings is 1. The van der Waals surface area contributed by atoms with Crippen molar-refractivity contribution in [1.29, 1.82) is 0 Å². The molecule has 6 nitrogen and oxygen atoms in total. The van der Waals surface area contributed by atoms with Crippen LogP contribution in [0.4, 0.5) is 0 Å². The van der Waals surface area contributed by atoms with E-state index < -0.39 is 0 Å². The van der Waals surface area contributed by atoms with Gasteiger partial charge >= 0.3 is 0 Å². The summed E-state index contributed by atoms with van der Waals surface area (Å²) in [4.78, 5) is 17.7. The molecule has 0 amide bonds. The molecular formula is C27H28N2O4. The normalized spacial score (nSPS) is 15.2. The number of nitrogens with zero attached hydrogens (tertiary/aromatic N) is 2. The largest absolute Gasteiger partial charge is 0.492 e. The third-order valence-corrected chi connectivity index (χ3v) is 6.11. The molecule has 0 radical (unpaired) electrons. The zero-order valence-corrected chi connectivity index (χ0v) is 18.6. The average molecular weight is 445 g/mol. The van der Waals surface area contributed by atoms with Crippen molar-refractivity contribution in [2.75, 3.05) is 52.5 Å². The van der Waals surface area contributed by atoms with Gasteiger partial charge in [0.05, 0.1) is 10.8 Å². The molecule has 1 aliphatic rings. The number of hydrogen-bond donors (Lipinski definition) is 0. The minimum atomic E-state index is -0.0235. The molecule has 0 spiro atoms. The molecule has 2 heterocycles. The minimum Gasteiger partial charge on any atom is -0.492 e. The molecule has 0 bridgehead atoms. The van der Waals surface area contributed by atoms with Gasteiger partial charge < -0.3 is 13.9 Å². The fourth-order valence-corrected chi connectivity index (χ4v) is 4.21. The fraction of sp³-hybridized carbons (Fsp3) is 0.296. The second kappa shape index (κ2) is 10.1. The summed E-state index contributed by atoms with van der Waals surface area (Å²) in [5.74, 6) is 1.62. The van der Waals surface area contributed by atoms with Gasteiger partial charge in [-0.2, -0.15) is 0 Å². The molecule has 5 rings (SSSR count). The molecule has 6 heteroatoms. The molecule has 0 aliphatic carbocycles. The summed E-state index contributed by atoms with van der Waals surface area (Å²) in [6.07, 6.45) is 0. The Bertz CT molecular complexity index is 1260. The van der Waals surface area contributed by atoms with E-state index in [0.717, 1.165) is 45.0 Å². The Labute approximate surface area is 192 Å². The van der Waals surface area contributed by atoms with E-state index >= 15 is 0 Å². The first-order chi connectivity index (χ1) is 16.3. The van der Waals surface area contributed by atoms with Crippen LogP contribution in [0.25, 0.3) is 21.9 Å². The first-order valence-electron chi connectivity index (χ1n) is 11.5. The van der Waals surface area contributed by atoms with Crippen LogP contribution in [0, 0.1) is 0 Å². The van der Waals surface area contributed by atoms with Gasteiger partial charge in [0.2, 0.25) is 5.43 Å². The summed E-state index contributed by atoms with van der Waals surface area (Å²) in [6.45, 7) is 7.18. The lowest BCUT2D eigenvalue weighted by Gasteiger charge is -2.34. The van der Waals surface area contributed by atoms with Crippen LogP contribution in [0.2, 0.25) is 0 Å². The highest BCUT2D eigenvalue weighted by Gasteiger charge is 2.16. The monoisotopic (exact) mass is 444 g/mol. The summed E-state index contributed by atoms with van der Waals surface area (Å²) in [5, 5.41) is 1.15. The third-order valence-electron chi connectivity index (χ3n) is 6.11. The van der Waals surface area contributed by atoms with E-state index in [1.54, 1.807) is 12.1 Å². The van der Waals surface area contributed by atoms with Crippen LogP contribution < -0.4 is 14.9 Å². The number of ether oxygens (including phenoxy) is 2. The maximum atomic E-state index is 12.8. The average Bonchev–Trinajstić information content (AvgIpc) is 2.86. The lowest BCUT2D eigenvalue weighted by molar-refractivity contribution is 0.105. The third kappa shape index (κ3) is 5.18. The summed E-state index contributed by atoms with van der Waals surface area (Å²) < 4.78 is 17.6. The number of benzene rings is 3. The van der Waals surface area contributed by atoms with Gasteiger partial charge in [-0.25, -0.2) is 0 Å². The van der Waals surface area contributed by atoms with Gasteiger partial charge in [0.25, 0.3) is 0 Å². The van der Waals surface area contributed by atoms with Gasteiger partial charge in [0, 0.05) is 39.3 Å². The molecule has 4 aromatic rings. The Morgan fingerprint density at radius 1 is 0.667 bits per heavy atom. The number of rotatable bonds is 8. The van der Waals surface area contributed by atoms with E-state index in [-0.39, 0.29) is 5.43 Å². The molecule has 1 aromatic heterocycles. The zero-order chi connectivity index (χ0) is 22.5. The second-order valence-electron chi connectivity index (χ2n) is 8.28. The van der Waals surface area contributed by atoms with Crippen LogP contribution >= 0.6 is 0 Å². The Kier molecular flexibility index (Phi) is 6.56. The molecule has 0 unspecified atom stereocenters. The molecule has 0 N–H and O–H groups in total. The Morgan fingerprint density at radius 2 is 1.27 bits per heavy atom. The lowest BCUT2D eigenvalue weighted by Crippen LogP contribution is -2.48. The first-order valence-corrected chi connectivity index (χ1v) is 11.5. The Balaban J connectivity index is 1.08. The van der Waals surface area contributed by atoms with Gasteiger partial charge in [-0.3, -0.25) is 14.6 Å². The summed E-state index contributed by atoms with van der Waals surface area (Å²) >= 11 is 0. The van der Waals surface area contributed by atoms with Crippen molar-refractivity contribution >= 4 is 21.9 Å². The van der Waals surface area contributed by atoms with Gasteiger partial charge in [-0.05, 0) is 42.5 Å². The van der Waals surface area contributed by atoms with Crippen LogP contribution in [0.3, 0.4) is 0 Å². The second-order valence-corrected chi connectivity index (χ2v) is 8.28. The van der Waals surface area contributed by atoms with Crippen molar-refractivity contribution in [2.45, 2.75) is 0 Å². The van der Waals surface area contributed by atoms with Crippen molar-refractivity contribution in [3.63, 3.8) is 0 Å². The topological polar surface area (TPSA) is 55.2 Å². The van der Waals surface area contributed by atoms with Crippen molar-refractivity contribution in [1.82, 2.24) is 9.80 Å². The molecule has 33 heavy (non-hydrogen) atoms. The van der Waals surface area contributed by atoms with Crippen molar-refractivity contribution < 1.29 is 13.9 Å². The van der Waals surface area contributed by atoms with Gasteiger partial charge in [-0.15, -0.1) is 0 Å². The maximum absolute atomic E-state index is 12.8. The molecule has 1 aliphatic heterocycles. The SMILES string of the molecule is O=c1c2ccccc2oc2ccc(OCCN3CCN(CCOc4ccccc4)CC3)cc12. The van der Waals surface area contributed by atoms with Gasteiger partial charge in [0.15, 0.2) is 0 Å². The lowest BCUT2D eigenvalue weighted by atomic mass is 10.1. The number of hydrogen-bond acceptors (Lipinski definition) is 6. The maximum Gasteiger partial charge on any atom is 0.200 e.